The second-order valence-corrected chi connectivity index (χ2v) is 2.63. The van der Waals surface area contributed by atoms with Gasteiger partial charge in [-0.25, -0.2) is 0 Å². The molecule has 1 aromatic carbocycles. The first kappa shape index (κ1) is 8.67. The van der Waals surface area contributed by atoms with Gasteiger partial charge in [0.25, 0.3) is 0 Å². The number of ether oxygens (including phenoxy) is 1. The monoisotopic (exact) mass is 160 g/mol. The molecule has 0 spiro atoms. The molecular weight excluding hydrogens is 148 g/mol. The zero-order chi connectivity index (χ0) is 8.97. The molecule has 12 heavy (non-hydrogen) atoms. The predicted molar refractivity (Wildman–Crippen MR) is 50.3 cm³/mol. The summed E-state index contributed by atoms with van der Waals surface area (Å²) in [6.07, 6.45) is 5.90. The van der Waals surface area contributed by atoms with Gasteiger partial charge in [0.05, 0.1) is 7.11 Å². The number of hydrogen-bond acceptors (Lipinski definition) is 1. The second kappa shape index (κ2) is 3.82. The molecule has 1 aromatic rings. The smallest absolute Gasteiger partial charge is 0.122 e. The van der Waals surface area contributed by atoms with Crippen molar-refractivity contribution in [3.63, 3.8) is 0 Å². The van der Waals surface area contributed by atoms with Crippen LogP contribution in [0.1, 0.15) is 11.1 Å². The Hall–Kier alpha value is -1.42. The minimum absolute atomic E-state index is 0.670. The van der Waals surface area contributed by atoms with Crippen LogP contribution in [-0.2, 0) is 6.42 Å². The molecule has 0 aliphatic heterocycles. The van der Waals surface area contributed by atoms with Crippen molar-refractivity contribution < 1.29 is 4.74 Å². The third-order valence-corrected chi connectivity index (χ3v) is 1.91. The molecule has 0 bridgehead atoms. The molecule has 1 rings (SSSR count). The molecule has 0 aliphatic carbocycles. The molecule has 1 nitrogen and oxygen atoms in total. The highest BCUT2D eigenvalue weighted by Gasteiger charge is 2.01. The minimum atomic E-state index is 0.670. The van der Waals surface area contributed by atoms with Crippen molar-refractivity contribution in [2.45, 2.75) is 13.3 Å². The fourth-order valence-corrected chi connectivity index (χ4v) is 1.18. The molecule has 0 radical (unpaired) electrons. The van der Waals surface area contributed by atoms with E-state index in [2.05, 4.69) is 5.92 Å². The molecule has 0 heterocycles. The summed E-state index contributed by atoms with van der Waals surface area (Å²) in [7, 11) is 1.67. The normalized spacial score (nSPS) is 9.08. The first-order valence-electron chi connectivity index (χ1n) is 3.85. The summed E-state index contributed by atoms with van der Waals surface area (Å²) < 4.78 is 5.16. The van der Waals surface area contributed by atoms with Gasteiger partial charge in [0.1, 0.15) is 5.75 Å². The second-order valence-electron chi connectivity index (χ2n) is 2.63. The van der Waals surface area contributed by atoms with Gasteiger partial charge in [0.15, 0.2) is 0 Å². The zero-order valence-electron chi connectivity index (χ0n) is 7.42. The first-order valence-corrected chi connectivity index (χ1v) is 3.85. The van der Waals surface area contributed by atoms with Crippen LogP contribution in [0.4, 0.5) is 0 Å². The van der Waals surface area contributed by atoms with Gasteiger partial charge in [-0.2, -0.15) is 0 Å². The van der Waals surface area contributed by atoms with E-state index >= 15 is 0 Å². The number of hydrogen-bond donors (Lipinski definition) is 0. The fourth-order valence-electron chi connectivity index (χ4n) is 1.18. The van der Waals surface area contributed by atoms with Crippen LogP contribution in [0, 0.1) is 19.3 Å². The Bertz CT molecular complexity index is 307. The Morgan fingerprint density at radius 3 is 2.83 bits per heavy atom. The standard InChI is InChI=1S/C11H12O/c1-4-6-10-7-5-8-11(12-3)9(10)2/h1,5,7-8H,6H2,2-3H3. The molecule has 0 saturated heterocycles. The summed E-state index contributed by atoms with van der Waals surface area (Å²) in [5, 5.41) is 0. The lowest BCUT2D eigenvalue weighted by Crippen LogP contribution is -1.92. The molecule has 1 heteroatoms. The maximum Gasteiger partial charge on any atom is 0.122 e. The highest BCUT2D eigenvalue weighted by atomic mass is 16.5. The number of methoxy groups -OCH3 is 1. The highest BCUT2D eigenvalue weighted by Crippen LogP contribution is 2.20. The lowest BCUT2D eigenvalue weighted by molar-refractivity contribution is 0.411. The molecule has 0 aliphatic rings. The van der Waals surface area contributed by atoms with Crippen LogP contribution in [-0.4, -0.2) is 7.11 Å². The topological polar surface area (TPSA) is 9.23 Å². The van der Waals surface area contributed by atoms with Crippen LogP contribution >= 0.6 is 0 Å². The van der Waals surface area contributed by atoms with Gasteiger partial charge < -0.3 is 4.74 Å². The summed E-state index contributed by atoms with van der Waals surface area (Å²) in [5.41, 5.74) is 2.30. The molecular formula is C11H12O. The molecule has 0 N–H and O–H groups in total. The molecule has 0 atom stereocenters. The van der Waals surface area contributed by atoms with Crippen LogP contribution in [0.3, 0.4) is 0 Å². The van der Waals surface area contributed by atoms with E-state index in [0.717, 1.165) is 16.9 Å². The van der Waals surface area contributed by atoms with E-state index in [0.29, 0.717) is 6.42 Å². The van der Waals surface area contributed by atoms with Gasteiger partial charge in [-0.15, -0.1) is 12.3 Å². The molecule has 0 amide bonds. The summed E-state index contributed by atoms with van der Waals surface area (Å²) in [6.45, 7) is 2.02. The third-order valence-electron chi connectivity index (χ3n) is 1.91. The predicted octanol–water partition coefficient (Wildman–Crippen LogP) is 2.18. The van der Waals surface area contributed by atoms with Gasteiger partial charge in [-0.3, -0.25) is 0 Å². The van der Waals surface area contributed by atoms with Crippen molar-refractivity contribution in [3.05, 3.63) is 29.3 Å². The molecule has 0 saturated carbocycles. The van der Waals surface area contributed by atoms with Crippen molar-refractivity contribution in [2.75, 3.05) is 7.11 Å². The Balaban J connectivity index is 3.07. The van der Waals surface area contributed by atoms with Gasteiger partial charge >= 0.3 is 0 Å². The van der Waals surface area contributed by atoms with E-state index in [1.807, 2.05) is 25.1 Å². The molecule has 0 unspecified atom stereocenters. The van der Waals surface area contributed by atoms with E-state index < -0.39 is 0 Å². The lowest BCUT2D eigenvalue weighted by Gasteiger charge is -2.07. The third kappa shape index (κ3) is 1.60. The van der Waals surface area contributed by atoms with Crippen LogP contribution in [0.25, 0.3) is 0 Å². The van der Waals surface area contributed by atoms with Crippen LogP contribution < -0.4 is 4.74 Å². The minimum Gasteiger partial charge on any atom is -0.496 e. The largest absolute Gasteiger partial charge is 0.496 e. The van der Waals surface area contributed by atoms with Crippen molar-refractivity contribution >= 4 is 0 Å². The van der Waals surface area contributed by atoms with E-state index in [9.17, 15) is 0 Å². The fraction of sp³-hybridized carbons (Fsp3) is 0.273. The lowest BCUT2D eigenvalue weighted by atomic mass is 10.1. The summed E-state index contributed by atoms with van der Waals surface area (Å²) in [6, 6.07) is 5.92. The molecule has 62 valence electrons. The molecule has 0 fully saturated rings. The van der Waals surface area contributed by atoms with Gasteiger partial charge in [-0.05, 0) is 24.1 Å². The van der Waals surface area contributed by atoms with E-state index in [-0.39, 0.29) is 0 Å². The van der Waals surface area contributed by atoms with Gasteiger partial charge in [0, 0.05) is 6.42 Å². The SMILES string of the molecule is C#CCc1cccc(OC)c1C. The van der Waals surface area contributed by atoms with Crippen molar-refractivity contribution in [3.8, 4) is 18.1 Å². The van der Waals surface area contributed by atoms with E-state index in [1.165, 1.54) is 0 Å². The average molecular weight is 160 g/mol. The number of rotatable bonds is 2. The van der Waals surface area contributed by atoms with Gasteiger partial charge in [-0.1, -0.05) is 12.1 Å². The van der Waals surface area contributed by atoms with Crippen molar-refractivity contribution in [1.29, 1.82) is 0 Å². The highest BCUT2D eigenvalue weighted by molar-refractivity contribution is 5.40. The van der Waals surface area contributed by atoms with E-state index in [4.69, 9.17) is 11.2 Å². The van der Waals surface area contributed by atoms with Crippen molar-refractivity contribution in [1.82, 2.24) is 0 Å². The number of benzene rings is 1. The maximum absolute atomic E-state index is 5.23. The van der Waals surface area contributed by atoms with Crippen LogP contribution in [0.2, 0.25) is 0 Å². The quantitative estimate of drug-likeness (QED) is 0.602. The van der Waals surface area contributed by atoms with Crippen LogP contribution in [0.5, 0.6) is 5.75 Å². The Kier molecular flexibility index (Phi) is 2.76. The molecule has 0 aromatic heterocycles. The summed E-state index contributed by atoms with van der Waals surface area (Å²) in [5.74, 6) is 3.53. The zero-order valence-corrected chi connectivity index (χ0v) is 7.42. The van der Waals surface area contributed by atoms with Gasteiger partial charge in [0.2, 0.25) is 0 Å². The summed E-state index contributed by atoms with van der Waals surface area (Å²) in [4.78, 5) is 0. The van der Waals surface area contributed by atoms with E-state index in [1.54, 1.807) is 7.11 Å². The summed E-state index contributed by atoms with van der Waals surface area (Å²) >= 11 is 0. The first-order chi connectivity index (χ1) is 5.79. The Morgan fingerprint density at radius 1 is 1.50 bits per heavy atom. The Labute approximate surface area is 73.4 Å². The number of terminal acetylenes is 1. The van der Waals surface area contributed by atoms with Crippen molar-refractivity contribution in [2.24, 2.45) is 0 Å². The average Bonchev–Trinajstić information content (AvgIpc) is 2.09. The van der Waals surface area contributed by atoms with Crippen LogP contribution in [0.15, 0.2) is 18.2 Å². The maximum atomic E-state index is 5.23. The Morgan fingerprint density at radius 2 is 2.25 bits per heavy atom.